The summed E-state index contributed by atoms with van der Waals surface area (Å²) in [7, 11) is 0. The van der Waals surface area contributed by atoms with Gasteiger partial charge in [0.1, 0.15) is 11.7 Å². The summed E-state index contributed by atoms with van der Waals surface area (Å²) in [5.74, 6) is 1.90. The van der Waals surface area contributed by atoms with E-state index in [9.17, 15) is 9.59 Å². The van der Waals surface area contributed by atoms with Gasteiger partial charge < -0.3 is 10.6 Å². The van der Waals surface area contributed by atoms with Crippen LogP contribution in [0, 0.1) is 11.3 Å². The van der Waals surface area contributed by atoms with E-state index in [-0.39, 0.29) is 23.5 Å². The lowest BCUT2D eigenvalue weighted by Crippen LogP contribution is -2.62. The highest BCUT2D eigenvalue weighted by molar-refractivity contribution is 5.98. The molecule has 0 radical (unpaired) electrons. The van der Waals surface area contributed by atoms with Crippen LogP contribution in [0.4, 0.5) is 9.59 Å². The summed E-state index contributed by atoms with van der Waals surface area (Å²) >= 11 is 0. The SMILES string of the molecule is CC1(C)C(CNC(=O)NC2=NCCCC2)CC1NC(=O)NC1=NCCCC1. The number of carbonyl (C=O) groups excluding carboxylic acids is 2. The number of hydrogen-bond acceptors (Lipinski definition) is 4. The Labute approximate surface area is 161 Å². The van der Waals surface area contributed by atoms with Crippen molar-refractivity contribution in [1.29, 1.82) is 0 Å². The average Bonchev–Trinajstić information content (AvgIpc) is 2.65. The monoisotopic (exact) mass is 376 g/mol. The fourth-order valence-electron chi connectivity index (χ4n) is 3.92. The first-order chi connectivity index (χ1) is 12.9. The summed E-state index contributed by atoms with van der Waals surface area (Å²) in [6.07, 6.45) is 6.89. The molecule has 4 N–H and O–H groups in total. The maximum Gasteiger partial charge on any atom is 0.320 e. The molecular weight excluding hydrogens is 344 g/mol. The molecule has 1 fully saturated rings. The largest absolute Gasteiger partial charge is 0.338 e. The van der Waals surface area contributed by atoms with E-state index < -0.39 is 0 Å². The van der Waals surface area contributed by atoms with E-state index in [1.807, 2.05) is 0 Å². The predicted octanol–water partition coefficient (Wildman–Crippen LogP) is 2.16. The second-order valence-corrected chi connectivity index (χ2v) is 8.31. The standard InChI is InChI=1S/C19H32N6O2/c1-19(2)13(12-22-17(26)24-15-7-3-5-9-20-15)11-14(19)23-18(27)25-16-8-4-6-10-21-16/h13-14H,3-12H2,1-2H3,(H2,20,22,24,26)(H2,21,23,25,27). The second kappa shape index (κ2) is 8.71. The predicted molar refractivity (Wildman–Crippen MR) is 106 cm³/mol. The molecular formula is C19H32N6O2. The number of aliphatic imine (C=N–C) groups is 2. The molecule has 150 valence electrons. The van der Waals surface area contributed by atoms with Crippen LogP contribution in [0.15, 0.2) is 9.98 Å². The van der Waals surface area contributed by atoms with Crippen LogP contribution in [-0.2, 0) is 0 Å². The number of urea groups is 2. The molecule has 0 aromatic heterocycles. The zero-order chi connectivity index (χ0) is 19.3. The lowest BCUT2D eigenvalue weighted by atomic mass is 9.58. The smallest absolute Gasteiger partial charge is 0.320 e. The van der Waals surface area contributed by atoms with E-state index in [0.717, 1.165) is 69.7 Å². The van der Waals surface area contributed by atoms with Crippen molar-refractivity contribution in [2.45, 2.75) is 64.8 Å². The summed E-state index contributed by atoms with van der Waals surface area (Å²) in [5, 5.41) is 11.7. The van der Waals surface area contributed by atoms with Crippen molar-refractivity contribution in [1.82, 2.24) is 21.3 Å². The number of nitrogens with zero attached hydrogens (tertiary/aromatic N) is 2. The molecule has 0 bridgehead atoms. The molecule has 1 aliphatic carbocycles. The van der Waals surface area contributed by atoms with Gasteiger partial charge in [0, 0.05) is 38.5 Å². The zero-order valence-electron chi connectivity index (χ0n) is 16.4. The van der Waals surface area contributed by atoms with Crippen molar-refractivity contribution >= 4 is 23.7 Å². The third-order valence-electron chi connectivity index (χ3n) is 6.05. The lowest BCUT2D eigenvalue weighted by molar-refractivity contribution is 0.0234. The minimum absolute atomic E-state index is 0.0681. The Kier molecular flexibility index (Phi) is 6.34. The van der Waals surface area contributed by atoms with Gasteiger partial charge in [-0.15, -0.1) is 0 Å². The summed E-state index contributed by atoms with van der Waals surface area (Å²) in [4.78, 5) is 32.9. The first-order valence-corrected chi connectivity index (χ1v) is 10.1. The highest BCUT2D eigenvalue weighted by Gasteiger charge is 2.48. The number of amidine groups is 2. The van der Waals surface area contributed by atoms with E-state index in [1.54, 1.807) is 0 Å². The molecule has 1 saturated carbocycles. The molecule has 27 heavy (non-hydrogen) atoms. The third kappa shape index (κ3) is 5.20. The van der Waals surface area contributed by atoms with Gasteiger partial charge >= 0.3 is 12.1 Å². The quantitative estimate of drug-likeness (QED) is 0.606. The molecule has 2 unspecified atom stereocenters. The number of amides is 4. The van der Waals surface area contributed by atoms with Gasteiger partial charge in [-0.1, -0.05) is 13.8 Å². The first kappa shape index (κ1) is 19.6. The molecule has 3 rings (SSSR count). The molecule has 8 heteroatoms. The second-order valence-electron chi connectivity index (χ2n) is 8.31. The maximum atomic E-state index is 12.2. The highest BCUT2D eigenvalue weighted by atomic mass is 16.2. The Morgan fingerprint density at radius 1 is 0.963 bits per heavy atom. The molecule has 0 aromatic rings. The van der Waals surface area contributed by atoms with Crippen molar-refractivity contribution in [3.63, 3.8) is 0 Å². The Bertz CT molecular complexity index is 628. The first-order valence-electron chi connectivity index (χ1n) is 10.1. The molecule has 8 nitrogen and oxygen atoms in total. The third-order valence-corrected chi connectivity index (χ3v) is 6.05. The summed E-state index contributed by atoms with van der Waals surface area (Å²) in [6, 6.07) is -0.261. The van der Waals surface area contributed by atoms with Crippen LogP contribution in [0.25, 0.3) is 0 Å². The minimum atomic E-state index is -0.184. The van der Waals surface area contributed by atoms with Crippen molar-refractivity contribution in [3.05, 3.63) is 0 Å². The van der Waals surface area contributed by atoms with Crippen molar-refractivity contribution in [3.8, 4) is 0 Å². The van der Waals surface area contributed by atoms with Crippen molar-refractivity contribution in [2.24, 2.45) is 21.3 Å². The van der Waals surface area contributed by atoms with Gasteiger partial charge in [0.2, 0.25) is 0 Å². The van der Waals surface area contributed by atoms with Gasteiger partial charge in [0.25, 0.3) is 0 Å². The van der Waals surface area contributed by atoms with E-state index in [4.69, 9.17) is 0 Å². The highest BCUT2D eigenvalue weighted by Crippen LogP contribution is 2.45. The number of nitrogens with one attached hydrogen (secondary N) is 4. The van der Waals surface area contributed by atoms with Crippen LogP contribution in [-0.4, -0.2) is 49.4 Å². The summed E-state index contributed by atoms with van der Waals surface area (Å²) in [5.41, 5.74) is -0.0681. The molecule has 2 atom stereocenters. The molecule has 4 amide bonds. The molecule has 0 saturated heterocycles. The number of hydrogen-bond donors (Lipinski definition) is 4. The molecule has 2 aliphatic heterocycles. The van der Waals surface area contributed by atoms with Crippen LogP contribution in [0.5, 0.6) is 0 Å². The van der Waals surface area contributed by atoms with Gasteiger partial charge in [0.15, 0.2) is 0 Å². The van der Waals surface area contributed by atoms with Gasteiger partial charge in [-0.2, -0.15) is 0 Å². The van der Waals surface area contributed by atoms with E-state index in [0.29, 0.717) is 12.5 Å². The fourth-order valence-corrected chi connectivity index (χ4v) is 3.92. The molecule has 0 aromatic carbocycles. The van der Waals surface area contributed by atoms with Crippen LogP contribution in [0.1, 0.15) is 58.8 Å². The van der Waals surface area contributed by atoms with E-state index >= 15 is 0 Å². The minimum Gasteiger partial charge on any atom is -0.338 e. The molecule has 0 spiro atoms. The maximum absolute atomic E-state index is 12.2. The van der Waals surface area contributed by atoms with Crippen LogP contribution < -0.4 is 21.3 Å². The van der Waals surface area contributed by atoms with Gasteiger partial charge in [-0.25, -0.2) is 9.59 Å². The van der Waals surface area contributed by atoms with Crippen molar-refractivity contribution < 1.29 is 9.59 Å². The topological polar surface area (TPSA) is 107 Å². The summed E-state index contributed by atoms with van der Waals surface area (Å²) in [6.45, 7) is 6.46. The van der Waals surface area contributed by atoms with Gasteiger partial charge in [-0.3, -0.25) is 20.6 Å². The Balaban J connectivity index is 1.38. The Hall–Kier alpha value is -2.12. The molecule has 3 aliphatic rings. The van der Waals surface area contributed by atoms with Gasteiger partial charge in [0.05, 0.1) is 0 Å². The zero-order valence-corrected chi connectivity index (χ0v) is 16.4. The average molecular weight is 377 g/mol. The van der Waals surface area contributed by atoms with Gasteiger partial charge in [-0.05, 0) is 43.4 Å². The van der Waals surface area contributed by atoms with Crippen LogP contribution in [0.3, 0.4) is 0 Å². The Morgan fingerprint density at radius 2 is 1.56 bits per heavy atom. The fraction of sp³-hybridized carbons (Fsp3) is 0.789. The van der Waals surface area contributed by atoms with Crippen LogP contribution in [0.2, 0.25) is 0 Å². The normalized spacial score (nSPS) is 26.7. The number of rotatable bonds is 3. The summed E-state index contributed by atoms with van der Waals surface area (Å²) < 4.78 is 0. The lowest BCUT2D eigenvalue weighted by Gasteiger charge is -2.52. The molecule has 2 heterocycles. The Morgan fingerprint density at radius 3 is 2.07 bits per heavy atom. The van der Waals surface area contributed by atoms with Crippen molar-refractivity contribution in [2.75, 3.05) is 19.6 Å². The number of carbonyl (C=O) groups is 2. The van der Waals surface area contributed by atoms with Crippen LogP contribution >= 0.6 is 0 Å². The van der Waals surface area contributed by atoms with E-state index in [1.165, 1.54) is 0 Å². The van der Waals surface area contributed by atoms with E-state index in [2.05, 4.69) is 45.1 Å².